The van der Waals surface area contributed by atoms with Crippen LogP contribution in [0.1, 0.15) is 51.1 Å². The van der Waals surface area contributed by atoms with Crippen molar-refractivity contribution in [2.45, 2.75) is 45.6 Å². The highest BCUT2D eigenvalue weighted by atomic mass is 79.9. The minimum absolute atomic E-state index is 0.211. The number of rotatable bonds is 8. The van der Waals surface area contributed by atoms with Crippen molar-refractivity contribution < 1.29 is 9.13 Å². The monoisotopic (exact) mass is 331 g/mol. The summed E-state index contributed by atoms with van der Waals surface area (Å²) in [6.07, 6.45) is 4.61. The molecular formula is C15H23BrFNO. The highest BCUT2D eigenvalue weighted by Gasteiger charge is 2.17. The van der Waals surface area contributed by atoms with E-state index in [1.54, 1.807) is 7.11 Å². The molecule has 0 aliphatic rings. The fourth-order valence-electron chi connectivity index (χ4n) is 2.21. The molecule has 1 atom stereocenters. The number of hydrogen-bond acceptors (Lipinski definition) is 2. The maximum absolute atomic E-state index is 13.6. The molecule has 2 nitrogen and oxygen atoms in total. The number of hydrogen-bond donors (Lipinski definition) is 1. The van der Waals surface area contributed by atoms with Crippen LogP contribution < -0.4 is 10.1 Å². The lowest BCUT2D eigenvalue weighted by molar-refractivity contribution is 0.390. The Morgan fingerprint density at radius 2 is 2.05 bits per heavy atom. The first-order valence-electron chi connectivity index (χ1n) is 6.90. The van der Waals surface area contributed by atoms with E-state index >= 15 is 0 Å². The van der Waals surface area contributed by atoms with Crippen LogP contribution in [0.2, 0.25) is 0 Å². The van der Waals surface area contributed by atoms with Gasteiger partial charge in [0.25, 0.3) is 0 Å². The topological polar surface area (TPSA) is 21.3 Å². The summed E-state index contributed by atoms with van der Waals surface area (Å²) in [5, 5.41) is 3.46. The zero-order chi connectivity index (χ0) is 14.3. The first-order valence-corrected chi connectivity index (χ1v) is 7.69. The van der Waals surface area contributed by atoms with E-state index in [0.717, 1.165) is 24.9 Å². The Balaban J connectivity index is 2.96. The van der Waals surface area contributed by atoms with Gasteiger partial charge in [0.05, 0.1) is 11.6 Å². The summed E-state index contributed by atoms with van der Waals surface area (Å²) in [4.78, 5) is 0. The molecule has 0 amide bonds. The number of unbranched alkanes of at least 4 members (excludes halogenated alkanes) is 2. The van der Waals surface area contributed by atoms with Gasteiger partial charge in [-0.1, -0.05) is 33.1 Å². The van der Waals surface area contributed by atoms with Gasteiger partial charge >= 0.3 is 0 Å². The summed E-state index contributed by atoms with van der Waals surface area (Å²) in [5.41, 5.74) is 1.02. The van der Waals surface area contributed by atoms with Crippen molar-refractivity contribution in [3.63, 3.8) is 0 Å². The van der Waals surface area contributed by atoms with Crippen LogP contribution in [-0.4, -0.2) is 13.7 Å². The third-order valence-corrected chi connectivity index (χ3v) is 3.80. The highest BCUT2D eigenvalue weighted by molar-refractivity contribution is 9.10. The van der Waals surface area contributed by atoms with E-state index in [2.05, 4.69) is 35.1 Å². The maximum Gasteiger partial charge on any atom is 0.141 e. The zero-order valence-electron chi connectivity index (χ0n) is 11.9. The second kappa shape index (κ2) is 8.54. The average molecular weight is 332 g/mol. The van der Waals surface area contributed by atoms with Gasteiger partial charge in [0.1, 0.15) is 11.6 Å². The lowest BCUT2D eigenvalue weighted by Gasteiger charge is -2.21. The number of methoxy groups -OCH3 is 1. The summed E-state index contributed by atoms with van der Waals surface area (Å²) < 4.78 is 19.4. The van der Waals surface area contributed by atoms with Crippen molar-refractivity contribution in [3.8, 4) is 5.75 Å². The maximum atomic E-state index is 13.6. The molecule has 1 N–H and O–H groups in total. The molecule has 0 aliphatic carbocycles. The molecule has 0 radical (unpaired) electrons. The molecule has 19 heavy (non-hydrogen) atoms. The Labute approximate surface area is 123 Å². The van der Waals surface area contributed by atoms with Crippen molar-refractivity contribution in [2.75, 3.05) is 13.7 Å². The van der Waals surface area contributed by atoms with Crippen molar-refractivity contribution in [1.29, 1.82) is 0 Å². The molecule has 1 rings (SSSR count). The number of nitrogens with one attached hydrogen (secondary N) is 1. The van der Waals surface area contributed by atoms with Crippen LogP contribution in [0, 0.1) is 5.82 Å². The molecule has 0 saturated carbocycles. The van der Waals surface area contributed by atoms with Crippen molar-refractivity contribution in [2.24, 2.45) is 0 Å². The quantitative estimate of drug-likeness (QED) is 0.689. The standard InChI is InChI=1S/C15H23BrFNO/c1-4-6-7-8-14(18-5-2)11-9-12(16)13(17)10-15(11)19-3/h9-10,14,18H,4-8H2,1-3H3. The summed E-state index contributed by atoms with van der Waals surface area (Å²) in [5.74, 6) is 0.326. The van der Waals surface area contributed by atoms with Gasteiger partial charge < -0.3 is 10.1 Å². The van der Waals surface area contributed by atoms with Crippen LogP contribution in [0.4, 0.5) is 4.39 Å². The van der Waals surface area contributed by atoms with Gasteiger partial charge in [-0.3, -0.25) is 0 Å². The van der Waals surface area contributed by atoms with Crippen LogP contribution in [0.3, 0.4) is 0 Å². The number of benzene rings is 1. The lowest BCUT2D eigenvalue weighted by atomic mass is 9.99. The van der Waals surface area contributed by atoms with Gasteiger partial charge in [0, 0.05) is 17.7 Å². The Kier molecular flexibility index (Phi) is 7.39. The van der Waals surface area contributed by atoms with E-state index in [1.807, 2.05) is 6.07 Å². The second-order valence-electron chi connectivity index (χ2n) is 4.61. The predicted molar refractivity (Wildman–Crippen MR) is 81.2 cm³/mol. The lowest BCUT2D eigenvalue weighted by Crippen LogP contribution is -2.21. The van der Waals surface area contributed by atoms with Gasteiger partial charge in [-0.15, -0.1) is 0 Å². The van der Waals surface area contributed by atoms with Crippen LogP contribution in [0.15, 0.2) is 16.6 Å². The average Bonchev–Trinajstić information content (AvgIpc) is 2.40. The van der Waals surface area contributed by atoms with E-state index in [-0.39, 0.29) is 11.9 Å². The summed E-state index contributed by atoms with van der Waals surface area (Å²) in [6.45, 7) is 5.16. The van der Waals surface area contributed by atoms with E-state index in [0.29, 0.717) is 10.2 Å². The molecular weight excluding hydrogens is 309 g/mol. The third-order valence-electron chi connectivity index (χ3n) is 3.19. The van der Waals surface area contributed by atoms with E-state index < -0.39 is 0 Å². The zero-order valence-corrected chi connectivity index (χ0v) is 13.5. The summed E-state index contributed by atoms with van der Waals surface area (Å²) in [7, 11) is 1.58. The van der Waals surface area contributed by atoms with E-state index in [4.69, 9.17) is 4.74 Å². The number of halogens is 2. The van der Waals surface area contributed by atoms with Crippen LogP contribution >= 0.6 is 15.9 Å². The van der Waals surface area contributed by atoms with Crippen LogP contribution in [0.5, 0.6) is 5.75 Å². The summed E-state index contributed by atoms with van der Waals surface area (Å²) >= 11 is 3.25. The molecule has 0 aromatic heterocycles. The highest BCUT2D eigenvalue weighted by Crippen LogP contribution is 2.33. The molecule has 1 aromatic rings. The molecule has 4 heteroatoms. The van der Waals surface area contributed by atoms with Crippen molar-refractivity contribution in [3.05, 3.63) is 28.0 Å². The first-order chi connectivity index (χ1) is 9.13. The second-order valence-corrected chi connectivity index (χ2v) is 5.47. The Hall–Kier alpha value is -0.610. The Bertz CT molecular complexity index is 398. The normalized spacial score (nSPS) is 12.5. The minimum atomic E-state index is -0.288. The molecule has 0 saturated heterocycles. The van der Waals surface area contributed by atoms with Gasteiger partial charge in [-0.25, -0.2) is 4.39 Å². The smallest absolute Gasteiger partial charge is 0.141 e. The van der Waals surface area contributed by atoms with Gasteiger partial charge in [-0.2, -0.15) is 0 Å². The van der Waals surface area contributed by atoms with Crippen molar-refractivity contribution >= 4 is 15.9 Å². The van der Waals surface area contributed by atoms with Crippen LogP contribution in [0.25, 0.3) is 0 Å². The third kappa shape index (κ3) is 4.77. The first kappa shape index (κ1) is 16.4. The van der Waals surface area contributed by atoms with Gasteiger partial charge in [-0.05, 0) is 35.0 Å². The van der Waals surface area contributed by atoms with Crippen molar-refractivity contribution in [1.82, 2.24) is 5.32 Å². The van der Waals surface area contributed by atoms with Gasteiger partial charge in [0.15, 0.2) is 0 Å². The SMILES string of the molecule is CCCCCC(NCC)c1cc(Br)c(F)cc1OC. The molecule has 0 heterocycles. The largest absolute Gasteiger partial charge is 0.496 e. The molecule has 0 fully saturated rings. The Morgan fingerprint density at radius 3 is 2.63 bits per heavy atom. The van der Waals surface area contributed by atoms with Gasteiger partial charge in [0.2, 0.25) is 0 Å². The van der Waals surface area contributed by atoms with E-state index in [9.17, 15) is 4.39 Å². The van der Waals surface area contributed by atoms with E-state index in [1.165, 1.54) is 18.9 Å². The molecule has 0 spiro atoms. The molecule has 1 unspecified atom stereocenters. The fourth-order valence-corrected chi connectivity index (χ4v) is 2.57. The number of ether oxygens (including phenoxy) is 1. The minimum Gasteiger partial charge on any atom is -0.496 e. The fraction of sp³-hybridized carbons (Fsp3) is 0.600. The molecule has 0 aliphatic heterocycles. The summed E-state index contributed by atoms with van der Waals surface area (Å²) in [6, 6.07) is 3.49. The molecule has 108 valence electrons. The molecule has 1 aromatic carbocycles. The van der Waals surface area contributed by atoms with Crippen LogP contribution in [-0.2, 0) is 0 Å². The Morgan fingerprint density at radius 1 is 1.32 bits per heavy atom. The predicted octanol–water partition coefficient (Wildman–Crippen LogP) is 4.83. The molecule has 0 bridgehead atoms.